The lowest BCUT2D eigenvalue weighted by molar-refractivity contribution is -0.121. The highest BCUT2D eigenvalue weighted by Crippen LogP contribution is 2.28. The van der Waals surface area contributed by atoms with E-state index in [0.717, 1.165) is 5.52 Å². The summed E-state index contributed by atoms with van der Waals surface area (Å²) in [7, 11) is -0.813. The van der Waals surface area contributed by atoms with Crippen molar-refractivity contribution in [1.29, 1.82) is 0 Å². The van der Waals surface area contributed by atoms with Crippen molar-refractivity contribution >= 4 is 37.5 Å². The molecule has 8 nitrogen and oxygen atoms in total. The van der Waals surface area contributed by atoms with Crippen LogP contribution in [-0.4, -0.2) is 56.6 Å². The lowest BCUT2D eigenvalue weighted by Gasteiger charge is -2.21. The normalized spacial score (nSPS) is 17.7. The molecule has 0 bridgehead atoms. The average molecular weight is 494 g/mol. The molecule has 1 atom stereocenters. The van der Waals surface area contributed by atoms with Gasteiger partial charge in [0.25, 0.3) is 5.91 Å². The first-order valence-corrected chi connectivity index (χ1v) is 12.6. The molecule has 1 aromatic heterocycles. The van der Waals surface area contributed by atoms with Crippen LogP contribution in [0.3, 0.4) is 0 Å². The molecule has 4 rings (SSSR count). The van der Waals surface area contributed by atoms with E-state index in [1.54, 1.807) is 29.9 Å². The summed E-state index contributed by atoms with van der Waals surface area (Å²) in [5.41, 5.74) is 0.735. The molecule has 1 aliphatic heterocycles. The Morgan fingerprint density at radius 3 is 2.67 bits per heavy atom. The van der Waals surface area contributed by atoms with Crippen molar-refractivity contribution in [2.24, 2.45) is 4.99 Å². The molecule has 0 N–H and O–H groups in total. The number of amides is 1. The summed E-state index contributed by atoms with van der Waals surface area (Å²) >= 11 is 1.18. The first-order chi connectivity index (χ1) is 15.8. The number of benzene rings is 2. The standard InChI is InChI=1S/C22H24FN3O5S2/c1-30-13-12-25-18-10-5-15(23)14-20(18)32-22(25)24-21(27)19-4-3-11-26(19)33(28,29)17-8-6-16(31-2)7-9-17/h5-10,14,19H,3-4,11-13H2,1-2H3. The molecule has 1 aliphatic rings. The molecule has 0 aliphatic carbocycles. The van der Waals surface area contributed by atoms with Gasteiger partial charge in [-0.05, 0) is 55.3 Å². The molecule has 1 unspecified atom stereocenters. The van der Waals surface area contributed by atoms with E-state index in [9.17, 15) is 17.6 Å². The molecule has 1 fully saturated rings. The molecule has 33 heavy (non-hydrogen) atoms. The van der Waals surface area contributed by atoms with Crippen molar-refractivity contribution in [3.05, 3.63) is 53.1 Å². The van der Waals surface area contributed by atoms with Crippen LogP contribution in [-0.2, 0) is 26.1 Å². The molecule has 0 saturated carbocycles. The van der Waals surface area contributed by atoms with Crippen LogP contribution in [0.4, 0.5) is 4.39 Å². The number of carbonyl (C=O) groups is 1. The Morgan fingerprint density at radius 2 is 1.97 bits per heavy atom. The third kappa shape index (κ3) is 4.72. The second-order valence-corrected chi connectivity index (χ2v) is 10.4. The quantitative estimate of drug-likeness (QED) is 0.505. The maximum atomic E-state index is 13.7. The van der Waals surface area contributed by atoms with Gasteiger partial charge in [0.15, 0.2) is 4.80 Å². The van der Waals surface area contributed by atoms with Crippen LogP contribution < -0.4 is 9.54 Å². The molecule has 1 saturated heterocycles. The van der Waals surface area contributed by atoms with E-state index in [4.69, 9.17) is 9.47 Å². The highest BCUT2D eigenvalue weighted by atomic mass is 32.2. The number of fused-ring (bicyclic) bond motifs is 1. The van der Waals surface area contributed by atoms with E-state index in [2.05, 4.69) is 4.99 Å². The second-order valence-electron chi connectivity index (χ2n) is 7.54. The van der Waals surface area contributed by atoms with Crippen molar-refractivity contribution in [1.82, 2.24) is 8.87 Å². The minimum absolute atomic E-state index is 0.0931. The fraction of sp³-hybridized carbons (Fsp3) is 0.364. The molecule has 0 radical (unpaired) electrons. The number of methoxy groups -OCH3 is 2. The first kappa shape index (κ1) is 23.6. The Bertz CT molecular complexity index is 1330. The van der Waals surface area contributed by atoms with Crippen LogP contribution in [0.2, 0.25) is 0 Å². The monoisotopic (exact) mass is 493 g/mol. The molecule has 3 aromatic rings. The fourth-order valence-corrected chi connectivity index (χ4v) is 6.59. The van der Waals surface area contributed by atoms with Gasteiger partial charge in [0, 0.05) is 20.2 Å². The fourth-order valence-electron chi connectivity index (χ4n) is 3.86. The first-order valence-electron chi connectivity index (χ1n) is 10.4. The number of aromatic nitrogens is 1. The number of hydrogen-bond donors (Lipinski definition) is 0. The summed E-state index contributed by atoms with van der Waals surface area (Å²) < 4.78 is 54.1. The van der Waals surface area contributed by atoms with Crippen LogP contribution in [0.1, 0.15) is 12.8 Å². The van der Waals surface area contributed by atoms with Crippen molar-refractivity contribution in [3.8, 4) is 5.75 Å². The third-order valence-electron chi connectivity index (χ3n) is 5.52. The summed E-state index contributed by atoms with van der Waals surface area (Å²) in [5.74, 6) is -0.379. The highest BCUT2D eigenvalue weighted by molar-refractivity contribution is 7.89. The summed E-state index contributed by atoms with van der Waals surface area (Å²) in [6, 6.07) is 9.55. The molecule has 0 spiro atoms. The Hall–Kier alpha value is -2.60. The minimum Gasteiger partial charge on any atom is -0.497 e. The minimum atomic E-state index is -3.88. The van der Waals surface area contributed by atoms with Crippen LogP contribution in [0.25, 0.3) is 10.2 Å². The van der Waals surface area contributed by atoms with Gasteiger partial charge in [-0.3, -0.25) is 4.79 Å². The number of hydrogen-bond acceptors (Lipinski definition) is 6. The van der Waals surface area contributed by atoms with Crippen molar-refractivity contribution in [2.75, 3.05) is 27.4 Å². The molecule has 2 heterocycles. The predicted octanol–water partition coefficient (Wildman–Crippen LogP) is 2.78. The predicted molar refractivity (Wildman–Crippen MR) is 122 cm³/mol. The van der Waals surface area contributed by atoms with Crippen LogP contribution in [0, 0.1) is 5.82 Å². The molecular formula is C22H24FN3O5S2. The zero-order valence-corrected chi connectivity index (χ0v) is 19.9. The van der Waals surface area contributed by atoms with E-state index in [1.165, 1.54) is 47.0 Å². The van der Waals surface area contributed by atoms with E-state index < -0.39 is 22.0 Å². The number of ether oxygens (including phenoxy) is 2. The van der Waals surface area contributed by atoms with Gasteiger partial charge in [-0.15, -0.1) is 0 Å². The van der Waals surface area contributed by atoms with Crippen molar-refractivity contribution in [2.45, 2.75) is 30.3 Å². The maximum absolute atomic E-state index is 13.7. The van der Waals surface area contributed by atoms with E-state index >= 15 is 0 Å². The van der Waals surface area contributed by atoms with Crippen LogP contribution in [0.15, 0.2) is 52.4 Å². The summed E-state index contributed by atoms with van der Waals surface area (Å²) in [4.78, 5) is 17.9. The van der Waals surface area contributed by atoms with Gasteiger partial charge in [-0.2, -0.15) is 9.30 Å². The zero-order chi connectivity index (χ0) is 23.6. The van der Waals surface area contributed by atoms with E-state index in [0.29, 0.717) is 41.2 Å². The van der Waals surface area contributed by atoms with Crippen molar-refractivity contribution < 1.29 is 27.1 Å². The second kappa shape index (κ2) is 9.72. The Labute approximate surface area is 194 Å². The Balaban J connectivity index is 1.69. The Kier molecular flexibility index (Phi) is 6.94. The third-order valence-corrected chi connectivity index (χ3v) is 8.49. The van der Waals surface area contributed by atoms with Crippen LogP contribution in [0.5, 0.6) is 5.75 Å². The molecular weight excluding hydrogens is 469 g/mol. The van der Waals surface area contributed by atoms with Crippen molar-refractivity contribution in [3.63, 3.8) is 0 Å². The van der Waals surface area contributed by atoms with Gasteiger partial charge >= 0.3 is 0 Å². The number of nitrogens with zero attached hydrogens (tertiary/aromatic N) is 3. The van der Waals surface area contributed by atoms with E-state index in [1.807, 2.05) is 0 Å². The lowest BCUT2D eigenvalue weighted by atomic mass is 10.2. The van der Waals surface area contributed by atoms with Gasteiger partial charge in [-0.25, -0.2) is 12.8 Å². The summed E-state index contributed by atoms with van der Waals surface area (Å²) in [6.45, 7) is 1.04. The summed E-state index contributed by atoms with van der Waals surface area (Å²) in [5, 5.41) is 0. The number of rotatable bonds is 7. The maximum Gasteiger partial charge on any atom is 0.266 e. The van der Waals surface area contributed by atoms with Crippen LogP contribution >= 0.6 is 11.3 Å². The summed E-state index contributed by atoms with van der Waals surface area (Å²) in [6.07, 6.45) is 0.942. The highest BCUT2D eigenvalue weighted by Gasteiger charge is 2.39. The van der Waals surface area contributed by atoms with E-state index in [-0.39, 0.29) is 17.3 Å². The average Bonchev–Trinajstić information content (AvgIpc) is 3.43. The van der Waals surface area contributed by atoms with Gasteiger partial charge in [-0.1, -0.05) is 11.3 Å². The number of halogens is 1. The number of sulfonamides is 1. The number of thiazole rings is 1. The van der Waals surface area contributed by atoms with Gasteiger partial charge < -0.3 is 14.0 Å². The molecule has 11 heteroatoms. The lowest BCUT2D eigenvalue weighted by Crippen LogP contribution is -2.40. The molecule has 176 valence electrons. The van der Waals surface area contributed by atoms with Gasteiger partial charge in [0.2, 0.25) is 10.0 Å². The largest absolute Gasteiger partial charge is 0.497 e. The van der Waals surface area contributed by atoms with Gasteiger partial charge in [0.1, 0.15) is 17.6 Å². The molecule has 1 amide bonds. The smallest absolute Gasteiger partial charge is 0.266 e. The zero-order valence-electron chi connectivity index (χ0n) is 18.2. The molecule has 2 aromatic carbocycles. The Morgan fingerprint density at radius 1 is 1.21 bits per heavy atom. The SMILES string of the molecule is COCCn1c(=NC(=O)C2CCCN2S(=O)(=O)c2ccc(OC)cc2)sc2cc(F)ccc21. The van der Waals surface area contributed by atoms with Gasteiger partial charge in [0.05, 0.1) is 28.8 Å². The number of carbonyl (C=O) groups excluding carboxylic acids is 1. The topological polar surface area (TPSA) is 90.2 Å².